The van der Waals surface area contributed by atoms with Crippen molar-refractivity contribution < 1.29 is 13.9 Å². The maximum atomic E-state index is 12.4. The molecule has 0 unspecified atom stereocenters. The van der Waals surface area contributed by atoms with E-state index in [-0.39, 0.29) is 18.2 Å². The van der Waals surface area contributed by atoms with Crippen LogP contribution in [0.3, 0.4) is 0 Å². The highest BCUT2D eigenvalue weighted by Crippen LogP contribution is 2.31. The number of urea groups is 1. The first kappa shape index (κ1) is 16.3. The van der Waals surface area contributed by atoms with E-state index in [1.807, 2.05) is 31.1 Å². The molecule has 2 fully saturated rings. The summed E-state index contributed by atoms with van der Waals surface area (Å²) in [6.07, 6.45) is 4.12. The lowest BCUT2D eigenvalue weighted by atomic mass is 9.85. The summed E-state index contributed by atoms with van der Waals surface area (Å²) >= 11 is 0. The minimum atomic E-state index is 0.0884. The summed E-state index contributed by atoms with van der Waals surface area (Å²) in [7, 11) is 5.71. The van der Waals surface area contributed by atoms with Crippen LogP contribution in [0.15, 0.2) is 22.8 Å². The molecule has 128 valence electrons. The lowest BCUT2D eigenvalue weighted by Crippen LogP contribution is -2.62. The molecule has 1 aromatic heterocycles. The molecule has 2 aliphatic heterocycles. The smallest absolute Gasteiger partial charge is 0.319 e. The third kappa shape index (κ3) is 3.53. The van der Waals surface area contributed by atoms with Gasteiger partial charge in [-0.2, -0.15) is 0 Å². The standard InChI is InChI=1S/C17H27N3O3/c1-18(2)17(21)20-10-13-6-4-9-23-16(13)15(12-20)19(3)11-14-7-5-8-22-14/h5,7-8,13,15-16H,4,6,9-12H2,1-3H3/t13-,15+,16-/m1/s1. The molecule has 0 saturated carbocycles. The molecule has 0 N–H and O–H groups in total. The number of rotatable bonds is 3. The molecule has 3 atom stereocenters. The van der Waals surface area contributed by atoms with Crippen molar-refractivity contribution in [3.63, 3.8) is 0 Å². The van der Waals surface area contributed by atoms with Gasteiger partial charge in [0.1, 0.15) is 5.76 Å². The van der Waals surface area contributed by atoms with Gasteiger partial charge in [-0.15, -0.1) is 0 Å². The Hall–Kier alpha value is -1.53. The van der Waals surface area contributed by atoms with Crippen LogP contribution in [0.25, 0.3) is 0 Å². The number of piperidine rings is 1. The van der Waals surface area contributed by atoms with Gasteiger partial charge in [0.2, 0.25) is 0 Å². The number of furan rings is 1. The van der Waals surface area contributed by atoms with Crippen molar-refractivity contribution in [2.24, 2.45) is 5.92 Å². The number of ether oxygens (including phenoxy) is 1. The number of hydrogen-bond donors (Lipinski definition) is 0. The van der Waals surface area contributed by atoms with Crippen LogP contribution in [0.2, 0.25) is 0 Å². The minimum absolute atomic E-state index is 0.0884. The van der Waals surface area contributed by atoms with Crippen LogP contribution in [0.4, 0.5) is 4.79 Å². The number of likely N-dealkylation sites (N-methyl/N-ethyl adjacent to an activating group) is 1. The van der Waals surface area contributed by atoms with E-state index in [0.717, 1.165) is 38.3 Å². The third-order valence-electron chi connectivity index (χ3n) is 4.94. The van der Waals surface area contributed by atoms with Crippen LogP contribution in [-0.2, 0) is 11.3 Å². The Labute approximate surface area is 138 Å². The van der Waals surface area contributed by atoms with Gasteiger partial charge >= 0.3 is 6.03 Å². The number of nitrogens with zero attached hydrogens (tertiary/aromatic N) is 3. The third-order valence-corrected chi connectivity index (χ3v) is 4.94. The van der Waals surface area contributed by atoms with Crippen LogP contribution < -0.4 is 0 Å². The van der Waals surface area contributed by atoms with Gasteiger partial charge in [0.25, 0.3) is 0 Å². The van der Waals surface area contributed by atoms with Crippen molar-refractivity contribution >= 4 is 6.03 Å². The van der Waals surface area contributed by atoms with Crippen LogP contribution in [0, 0.1) is 5.92 Å². The summed E-state index contributed by atoms with van der Waals surface area (Å²) in [5.41, 5.74) is 0. The SMILES string of the molecule is CN(C)C(=O)N1C[C@H]2CCCO[C@H]2[C@@H](N(C)Cc2ccco2)C1. The number of fused-ring (bicyclic) bond motifs is 1. The first-order valence-electron chi connectivity index (χ1n) is 8.36. The maximum absolute atomic E-state index is 12.4. The van der Waals surface area contributed by atoms with Gasteiger partial charge in [-0.25, -0.2) is 4.79 Å². The van der Waals surface area contributed by atoms with E-state index in [2.05, 4.69) is 11.9 Å². The summed E-state index contributed by atoms with van der Waals surface area (Å²) in [6.45, 7) is 3.06. The van der Waals surface area contributed by atoms with Gasteiger partial charge in [0.05, 0.1) is 25.0 Å². The molecule has 6 heteroatoms. The summed E-state index contributed by atoms with van der Waals surface area (Å²) in [6, 6.07) is 4.18. The van der Waals surface area contributed by atoms with E-state index in [1.165, 1.54) is 0 Å². The van der Waals surface area contributed by atoms with Gasteiger partial charge in [0.15, 0.2) is 0 Å². The Bertz CT molecular complexity index is 517. The zero-order valence-electron chi connectivity index (χ0n) is 14.3. The Morgan fingerprint density at radius 3 is 2.87 bits per heavy atom. The normalized spacial score (nSPS) is 27.8. The molecule has 0 bridgehead atoms. The first-order valence-corrected chi connectivity index (χ1v) is 8.36. The highest BCUT2D eigenvalue weighted by atomic mass is 16.5. The van der Waals surface area contributed by atoms with Crippen molar-refractivity contribution in [3.05, 3.63) is 24.2 Å². The largest absolute Gasteiger partial charge is 0.468 e. The topological polar surface area (TPSA) is 49.2 Å². The quantitative estimate of drug-likeness (QED) is 0.853. The fourth-order valence-electron chi connectivity index (χ4n) is 3.77. The molecular formula is C17H27N3O3. The molecule has 2 aliphatic rings. The Balaban J connectivity index is 1.75. The molecule has 2 saturated heterocycles. The zero-order valence-corrected chi connectivity index (χ0v) is 14.3. The molecule has 6 nitrogen and oxygen atoms in total. The fraction of sp³-hybridized carbons (Fsp3) is 0.706. The summed E-state index contributed by atoms with van der Waals surface area (Å²) < 4.78 is 11.6. The molecule has 23 heavy (non-hydrogen) atoms. The number of amides is 2. The number of hydrogen-bond acceptors (Lipinski definition) is 4. The van der Waals surface area contributed by atoms with E-state index in [9.17, 15) is 4.79 Å². The van der Waals surface area contributed by atoms with E-state index < -0.39 is 0 Å². The molecule has 0 aliphatic carbocycles. The second-order valence-corrected chi connectivity index (χ2v) is 6.88. The van der Waals surface area contributed by atoms with Crippen LogP contribution >= 0.6 is 0 Å². The minimum Gasteiger partial charge on any atom is -0.468 e. The van der Waals surface area contributed by atoms with Gasteiger partial charge in [-0.3, -0.25) is 4.90 Å². The molecule has 0 aromatic carbocycles. The molecule has 0 spiro atoms. The van der Waals surface area contributed by atoms with Gasteiger partial charge < -0.3 is 19.0 Å². The average Bonchev–Trinajstić information content (AvgIpc) is 3.05. The zero-order chi connectivity index (χ0) is 16.4. The number of carbonyl (C=O) groups excluding carboxylic acids is 1. The summed E-state index contributed by atoms with van der Waals surface area (Å²) in [5, 5.41) is 0. The van der Waals surface area contributed by atoms with E-state index in [0.29, 0.717) is 12.5 Å². The Kier molecular flexibility index (Phi) is 4.92. The van der Waals surface area contributed by atoms with E-state index in [4.69, 9.17) is 9.15 Å². The van der Waals surface area contributed by atoms with Gasteiger partial charge in [0, 0.05) is 39.7 Å². The Morgan fingerprint density at radius 2 is 2.17 bits per heavy atom. The highest BCUT2D eigenvalue weighted by Gasteiger charge is 2.42. The van der Waals surface area contributed by atoms with Crippen LogP contribution in [-0.4, -0.2) is 73.7 Å². The fourth-order valence-corrected chi connectivity index (χ4v) is 3.77. The van der Waals surface area contributed by atoms with Crippen LogP contribution in [0.5, 0.6) is 0 Å². The second-order valence-electron chi connectivity index (χ2n) is 6.88. The molecule has 3 heterocycles. The monoisotopic (exact) mass is 321 g/mol. The first-order chi connectivity index (χ1) is 11.1. The van der Waals surface area contributed by atoms with Crippen molar-refractivity contribution in [2.45, 2.75) is 31.5 Å². The van der Waals surface area contributed by atoms with Crippen molar-refractivity contribution in [3.8, 4) is 0 Å². The van der Waals surface area contributed by atoms with Crippen molar-refractivity contribution in [1.29, 1.82) is 0 Å². The number of likely N-dealkylation sites (tertiary alicyclic amines) is 1. The summed E-state index contributed by atoms with van der Waals surface area (Å²) in [5.74, 6) is 1.36. The Morgan fingerprint density at radius 1 is 1.35 bits per heavy atom. The molecule has 2 amide bonds. The predicted molar refractivity (Wildman–Crippen MR) is 87.1 cm³/mol. The van der Waals surface area contributed by atoms with Crippen LogP contribution in [0.1, 0.15) is 18.6 Å². The van der Waals surface area contributed by atoms with E-state index >= 15 is 0 Å². The van der Waals surface area contributed by atoms with Gasteiger partial charge in [-0.1, -0.05) is 0 Å². The average molecular weight is 321 g/mol. The number of carbonyl (C=O) groups is 1. The second kappa shape index (κ2) is 6.93. The molecule has 1 aromatic rings. The van der Waals surface area contributed by atoms with E-state index in [1.54, 1.807) is 11.2 Å². The molecule has 3 rings (SSSR count). The molecule has 0 radical (unpaired) electrons. The molecular weight excluding hydrogens is 294 g/mol. The predicted octanol–water partition coefficient (Wildman–Crippen LogP) is 1.87. The van der Waals surface area contributed by atoms with Crippen molar-refractivity contribution in [2.75, 3.05) is 40.8 Å². The lowest BCUT2D eigenvalue weighted by molar-refractivity contribution is -0.106. The van der Waals surface area contributed by atoms with Gasteiger partial charge in [-0.05, 0) is 32.0 Å². The van der Waals surface area contributed by atoms with Crippen molar-refractivity contribution in [1.82, 2.24) is 14.7 Å². The maximum Gasteiger partial charge on any atom is 0.319 e. The lowest BCUT2D eigenvalue weighted by Gasteiger charge is -2.48. The summed E-state index contributed by atoms with van der Waals surface area (Å²) in [4.78, 5) is 18.3. The highest BCUT2D eigenvalue weighted by molar-refractivity contribution is 5.74.